The lowest BCUT2D eigenvalue weighted by Crippen LogP contribution is -2.15. The Hall–Kier alpha value is -4.20. The number of para-hydroxylation sites is 2. The molecule has 7 rings (SSSR count). The van der Waals surface area contributed by atoms with Gasteiger partial charge in [-0.3, -0.25) is 0 Å². The van der Waals surface area contributed by atoms with E-state index in [-0.39, 0.29) is 0 Å². The van der Waals surface area contributed by atoms with Crippen LogP contribution in [0.3, 0.4) is 0 Å². The molecule has 5 aromatic rings. The zero-order chi connectivity index (χ0) is 27.8. The van der Waals surface area contributed by atoms with Gasteiger partial charge in [0.15, 0.2) is 23.0 Å². The van der Waals surface area contributed by atoms with E-state index in [1.54, 1.807) is 22.7 Å². The maximum atomic E-state index is 6.24. The van der Waals surface area contributed by atoms with Gasteiger partial charge in [0, 0.05) is 17.1 Å². The highest BCUT2D eigenvalue weighted by atomic mass is 32.1. The largest absolute Gasteiger partial charge is 0.485 e. The zero-order valence-corrected chi connectivity index (χ0v) is 24.5. The molecule has 0 N–H and O–H groups in total. The second-order valence-corrected chi connectivity index (χ2v) is 12.1. The molecule has 0 atom stereocenters. The lowest BCUT2D eigenvalue weighted by Gasteiger charge is -2.25. The first kappa shape index (κ1) is 25.7. The van der Waals surface area contributed by atoms with Crippen molar-refractivity contribution >= 4 is 45.8 Å². The predicted octanol–water partition coefficient (Wildman–Crippen LogP) is 9.58. The summed E-state index contributed by atoms with van der Waals surface area (Å²) in [7, 11) is 0. The van der Waals surface area contributed by atoms with Crippen molar-refractivity contribution in [3.8, 4) is 43.2 Å². The minimum Gasteiger partial charge on any atom is -0.485 e. The van der Waals surface area contributed by atoms with Crippen LogP contribution in [0, 0.1) is 0 Å². The molecule has 2 aromatic heterocycles. The van der Waals surface area contributed by atoms with Gasteiger partial charge in [-0.25, -0.2) is 0 Å². The molecule has 7 heteroatoms. The van der Waals surface area contributed by atoms with Crippen molar-refractivity contribution in [2.75, 3.05) is 31.3 Å². The Labute approximate surface area is 247 Å². The summed E-state index contributed by atoms with van der Waals surface area (Å²) >= 11 is 3.37. The predicted molar refractivity (Wildman–Crippen MR) is 169 cm³/mol. The van der Waals surface area contributed by atoms with E-state index in [2.05, 4.69) is 97.6 Å². The lowest BCUT2D eigenvalue weighted by molar-refractivity contribution is 0.172. The molecular weight excluding hydrogens is 551 g/mol. The number of nitrogens with zero attached hydrogens (tertiary/aromatic N) is 1. The fraction of sp³-hybridized carbons (Fsp3) is 0.176. The number of ether oxygens (including phenoxy) is 4. The van der Waals surface area contributed by atoms with Crippen LogP contribution < -0.4 is 23.8 Å². The molecule has 5 nitrogen and oxygen atoms in total. The summed E-state index contributed by atoms with van der Waals surface area (Å²) in [5.74, 6) is 3.21. The van der Waals surface area contributed by atoms with Crippen molar-refractivity contribution in [1.82, 2.24) is 0 Å². The van der Waals surface area contributed by atoms with Crippen LogP contribution in [0.5, 0.6) is 23.0 Å². The number of anilines is 3. The SMILES string of the molecule is CC(C)=Cc1sc(-c2sc(-c3ccc(N(c4ccccc4)c4ccccc4)cc3)c3c2OCCO3)c2c1OCCO2. The second-order valence-electron chi connectivity index (χ2n) is 10.0. The van der Waals surface area contributed by atoms with Crippen molar-refractivity contribution in [2.24, 2.45) is 0 Å². The van der Waals surface area contributed by atoms with Crippen LogP contribution in [0.2, 0.25) is 0 Å². The van der Waals surface area contributed by atoms with E-state index in [0.29, 0.717) is 26.4 Å². The second kappa shape index (κ2) is 11.0. The van der Waals surface area contributed by atoms with E-state index in [9.17, 15) is 0 Å². The number of benzene rings is 3. The molecule has 0 aliphatic carbocycles. The number of rotatable bonds is 6. The van der Waals surface area contributed by atoms with E-state index in [0.717, 1.165) is 65.1 Å². The Bertz CT molecular complexity index is 1660. The van der Waals surface area contributed by atoms with Crippen LogP contribution in [0.4, 0.5) is 17.1 Å². The minimum atomic E-state index is 0.518. The van der Waals surface area contributed by atoms with Crippen LogP contribution in [-0.4, -0.2) is 26.4 Å². The normalized spacial score (nSPS) is 13.5. The number of fused-ring (bicyclic) bond motifs is 2. The topological polar surface area (TPSA) is 40.2 Å². The third-order valence-electron chi connectivity index (χ3n) is 6.87. The van der Waals surface area contributed by atoms with Crippen molar-refractivity contribution < 1.29 is 18.9 Å². The van der Waals surface area contributed by atoms with Gasteiger partial charge in [0.1, 0.15) is 26.4 Å². The number of allylic oxidation sites excluding steroid dienone is 1. The van der Waals surface area contributed by atoms with E-state index >= 15 is 0 Å². The van der Waals surface area contributed by atoms with Crippen LogP contribution >= 0.6 is 22.7 Å². The Morgan fingerprint density at radius 2 is 1.02 bits per heavy atom. The minimum absolute atomic E-state index is 0.518. The summed E-state index contributed by atoms with van der Waals surface area (Å²) in [5.41, 5.74) is 5.59. The number of thiophene rings is 2. The summed E-state index contributed by atoms with van der Waals surface area (Å²) < 4.78 is 24.7. The van der Waals surface area contributed by atoms with Crippen LogP contribution in [0.15, 0.2) is 90.5 Å². The summed E-state index contributed by atoms with van der Waals surface area (Å²) in [4.78, 5) is 6.44. The average Bonchev–Trinajstić information content (AvgIpc) is 3.57. The van der Waals surface area contributed by atoms with Crippen LogP contribution in [0.1, 0.15) is 18.7 Å². The average molecular weight is 580 g/mol. The molecule has 0 saturated carbocycles. The molecule has 2 aliphatic rings. The van der Waals surface area contributed by atoms with Gasteiger partial charge >= 0.3 is 0 Å². The standard InChI is InChI=1S/C34H29NO4S2/c1-22(2)21-27-28-29(37-18-17-36-28)33(40-27)34-31-30(38-19-20-39-31)32(41-34)23-13-15-26(16-14-23)35(24-9-5-3-6-10-24)25-11-7-4-8-12-25/h3-16,21H,17-20H2,1-2H3. The van der Waals surface area contributed by atoms with Gasteiger partial charge in [0.2, 0.25) is 0 Å². The lowest BCUT2D eigenvalue weighted by atomic mass is 10.1. The van der Waals surface area contributed by atoms with Gasteiger partial charge < -0.3 is 23.8 Å². The molecule has 3 aromatic carbocycles. The quantitative estimate of drug-likeness (QED) is 0.200. The first-order chi connectivity index (χ1) is 20.2. The van der Waals surface area contributed by atoms with Gasteiger partial charge in [0.25, 0.3) is 0 Å². The third kappa shape index (κ3) is 4.85. The van der Waals surface area contributed by atoms with Crippen molar-refractivity contribution in [2.45, 2.75) is 13.8 Å². The molecule has 0 unspecified atom stereocenters. The maximum Gasteiger partial charge on any atom is 0.181 e. The molecule has 0 bridgehead atoms. The first-order valence-electron chi connectivity index (χ1n) is 13.7. The highest BCUT2D eigenvalue weighted by Gasteiger charge is 2.32. The van der Waals surface area contributed by atoms with E-state index in [4.69, 9.17) is 18.9 Å². The van der Waals surface area contributed by atoms with E-state index < -0.39 is 0 Å². The molecule has 0 amide bonds. The molecule has 206 valence electrons. The van der Waals surface area contributed by atoms with Crippen molar-refractivity contribution in [3.05, 3.63) is 95.4 Å². The van der Waals surface area contributed by atoms with Crippen molar-refractivity contribution in [3.63, 3.8) is 0 Å². The van der Waals surface area contributed by atoms with Crippen LogP contribution in [-0.2, 0) is 0 Å². The molecule has 2 aliphatic heterocycles. The zero-order valence-electron chi connectivity index (χ0n) is 22.9. The van der Waals surface area contributed by atoms with Gasteiger partial charge in [-0.15, -0.1) is 22.7 Å². The van der Waals surface area contributed by atoms with E-state index in [1.807, 2.05) is 12.1 Å². The highest BCUT2D eigenvalue weighted by Crippen LogP contribution is 2.60. The highest BCUT2D eigenvalue weighted by molar-refractivity contribution is 7.25. The fourth-order valence-electron chi connectivity index (χ4n) is 5.13. The molecular formula is C34H29NO4S2. The third-order valence-corrected chi connectivity index (χ3v) is 9.33. The summed E-state index contributed by atoms with van der Waals surface area (Å²) in [6.07, 6.45) is 2.16. The van der Waals surface area contributed by atoms with Gasteiger partial charge in [-0.05, 0) is 61.9 Å². The van der Waals surface area contributed by atoms with Gasteiger partial charge in [0.05, 0.1) is 19.5 Å². The summed E-state index contributed by atoms with van der Waals surface area (Å²) in [6.45, 7) is 6.31. The summed E-state index contributed by atoms with van der Waals surface area (Å²) in [5, 5.41) is 0. The van der Waals surface area contributed by atoms with Gasteiger partial charge in [-0.2, -0.15) is 0 Å². The Balaban J connectivity index is 1.31. The smallest absolute Gasteiger partial charge is 0.181 e. The number of hydrogen-bond donors (Lipinski definition) is 0. The first-order valence-corrected chi connectivity index (χ1v) is 15.3. The Kier molecular flexibility index (Phi) is 6.90. The molecule has 0 radical (unpaired) electrons. The molecule has 41 heavy (non-hydrogen) atoms. The maximum absolute atomic E-state index is 6.24. The Morgan fingerprint density at radius 1 is 0.561 bits per heavy atom. The van der Waals surface area contributed by atoms with E-state index in [1.165, 1.54) is 5.57 Å². The number of hydrogen-bond acceptors (Lipinski definition) is 7. The summed E-state index contributed by atoms with van der Waals surface area (Å²) in [6, 6.07) is 29.5. The molecule has 0 fully saturated rings. The Morgan fingerprint density at radius 3 is 1.59 bits per heavy atom. The van der Waals surface area contributed by atoms with Crippen molar-refractivity contribution in [1.29, 1.82) is 0 Å². The monoisotopic (exact) mass is 579 g/mol. The van der Waals surface area contributed by atoms with Crippen LogP contribution in [0.25, 0.3) is 26.3 Å². The molecule has 4 heterocycles. The van der Waals surface area contributed by atoms with Gasteiger partial charge in [-0.1, -0.05) is 54.1 Å². The fourth-order valence-corrected chi connectivity index (χ4v) is 7.70. The molecule has 0 saturated heterocycles. The molecule has 0 spiro atoms.